The van der Waals surface area contributed by atoms with E-state index in [1.54, 1.807) is 6.92 Å². The van der Waals surface area contributed by atoms with Crippen molar-refractivity contribution < 1.29 is 18.1 Å². The Bertz CT molecular complexity index is 1090. The maximum absolute atomic E-state index is 12.7. The molecule has 1 N–H and O–H groups in total. The Morgan fingerprint density at radius 2 is 1.97 bits per heavy atom. The SMILES string of the molecule is C/C(Cn1nnc([N+](=O)[O-])n1)=N\NC(=O)C1CCN(S(=O)(=O)c2ccc(Cl)cc2)CC1. The van der Waals surface area contributed by atoms with Crippen LogP contribution in [0.25, 0.3) is 0 Å². The third-order valence-electron chi connectivity index (χ3n) is 4.61. The molecule has 2 aromatic rings. The zero-order valence-corrected chi connectivity index (χ0v) is 18.0. The highest BCUT2D eigenvalue weighted by Gasteiger charge is 2.32. The molecule has 1 amide bonds. The summed E-state index contributed by atoms with van der Waals surface area (Å²) < 4.78 is 26.8. The Kier molecular flexibility index (Phi) is 6.92. The fraction of sp³-hybridized carbons (Fsp3) is 0.438. The van der Waals surface area contributed by atoms with Gasteiger partial charge in [-0.25, -0.2) is 13.8 Å². The first-order valence-electron chi connectivity index (χ1n) is 9.18. The molecule has 0 unspecified atom stereocenters. The van der Waals surface area contributed by atoms with E-state index in [9.17, 15) is 23.3 Å². The van der Waals surface area contributed by atoms with Crippen molar-refractivity contribution in [3.8, 4) is 0 Å². The van der Waals surface area contributed by atoms with Gasteiger partial charge in [-0.1, -0.05) is 16.4 Å². The monoisotopic (exact) mass is 470 g/mol. The molecule has 1 fully saturated rings. The number of hydrogen-bond acceptors (Lipinski definition) is 9. The second-order valence-electron chi connectivity index (χ2n) is 6.83. The first-order chi connectivity index (χ1) is 14.7. The minimum atomic E-state index is -3.65. The summed E-state index contributed by atoms with van der Waals surface area (Å²) in [5.74, 6) is -1.35. The van der Waals surface area contributed by atoms with Crippen LogP contribution < -0.4 is 5.43 Å². The van der Waals surface area contributed by atoms with Crippen LogP contribution in [0.1, 0.15) is 19.8 Å². The number of piperidine rings is 1. The van der Waals surface area contributed by atoms with E-state index >= 15 is 0 Å². The van der Waals surface area contributed by atoms with E-state index in [4.69, 9.17) is 11.6 Å². The van der Waals surface area contributed by atoms with Crippen LogP contribution in [0, 0.1) is 16.0 Å². The van der Waals surface area contributed by atoms with Crippen LogP contribution in [0.2, 0.25) is 5.02 Å². The van der Waals surface area contributed by atoms with Crippen molar-refractivity contribution in [2.45, 2.75) is 31.2 Å². The van der Waals surface area contributed by atoms with Gasteiger partial charge in [-0.2, -0.15) is 9.41 Å². The van der Waals surface area contributed by atoms with Crippen molar-refractivity contribution in [3.63, 3.8) is 0 Å². The minimum Gasteiger partial charge on any atom is -0.390 e. The van der Waals surface area contributed by atoms with E-state index in [0.717, 1.165) is 4.80 Å². The smallest absolute Gasteiger partial charge is 0.390 e. The van der Waals surface area contributed by atoms with E-state index in [2.05, 4.69) is 25.9 Å². The Morgan fingerprint density at radius 1 is 1.32 bits per heavy atom. The number of nitro groups is 1. The summed E-state index contributed by atoms with van der Waals surface area (Å²) in [6.07, 6.45) is 0.702. The van der Waals surface area contributed by atoms with E-state index in [1.807, 2.05) is 0 Å². The first-order valence-corrected chi connectivity index (χ1v) is 11.0. The van der Waals surface area contributed by atoms with E-state index in [0.29, 0.717) is 23.6 Å². The number of benzene rings is 1. The molecular formula is C16H19ClN8O5S. The van der Waals surface area contributed by atoms with Crippen LogP contribution in [0.4, 0.5) is 5.95 Å². The summed E-state index contributed by atoms with van der Waals surface area (Å²) in [5, 5.41) is 25.3. The Hall–Kier alpha value is -2.97. The van der Waals surface area contributed by atoms with Crippen molar-refractivity contribution in [3.05, 3.63) is 39.4 Å². The maximum Gasteiger partial charge on any atom is 0.514 e. The summed E-state index contributed by atoms with van der Waals surface area (Å²) in [5.41, 5.74) is 2.84. The van der Waals surface area contributed by atoms with E-state index in [-0.39, 0.29) is 36.4 Å². The molecule has 0 atom stereocenters. The maximum atomic E-state index is 12.7. The lowest BCUT2D eigenvalue weighted by atomic mass is 9.98. The molecule has 3 rings (SSSR count). The van der Waals surface area contributed by atoms with Gasteiger partial charge in [-0.3, -0.25) is 4.79 Å². The highest BCUT2D eigenvalue weighted by molar-refractivity contribution is 7.89. The highest BCUT2D eigenvalue weighted by Crippen LogP contribution is 2.24. The predicted octanol–water partition coefficient (Wildman–Crippen LogP) is 0.828. The van der Waals surface area contributed by atoms with Gasteiger partial charge in [-0.15, -0.1) is 0 Å². The van der Waals surface area contributed by atoms with Gasteiger partial charge in [0.25, 0.3) is 0 Å². The second-order valence-corrected chi connectivity index (χ2v) is 9.21. The molecule has 1 saturated heterocycles. The molecule has 0 bridgehead atoms. The lowest BCUT2D eigenvalue weighted by Crippen LogP contribution is -2.42. The van der Waals surface area contributed by atoms with E-state index in [1.165, 1.54) is 28.6 Å². The number of nitrogens with one attached hydrogen (secondary N) is 1. The molecule has 0 aliphatic carbocycles. The summed E-state index contributed by atoms with van der Waals surface area (Å²) in [4.78, 5) is 23.3. The molecule has 13 nitrogen and oxygen atoms in total. The van der Waals surface area contributed by atoms with Gasteiger partial charge in [0.2, 0.25) is 15.9 Å². The number of aromatic nitrogens is 4. The van der Waals surface area contributed by atoms with Crippen LogP contribution in [0.15, 0.2) is 34.3 Å². The van der Waals surface area contributed by atoms with Crippen LogP contribution in [0.5, 0.6) is 0 Å². The van der Waals surface area contributed by atoms with Crippen LogP contribution in [0.3, 0.4) is 0 Å². The largest absolute Gasteiger partial charge is 0.514 e. The first kappa shape index (κ1) is 22.7. The summed E-state index contributed by atoms with van der Waals surface area (Å²) in [6.45, 7) is 2.02. The topological polar surface area (TPSA) is 166 Å². The standard InChI is InChI=1S/C16H19ClN8O5S/c1-11(10-24-21-16(20-22-24)25(27)28)18-19-15(26)12-6-8-23(9-7-12)31(29,30)14-4-2-13(17)3-5-14/h2-5,12H,6-10H2,1H3,(H,19,26)/b18-11+. The lowest BCUT2D eigenvalue weighted by Gasteiger charge is -2.30. The number of halogens is 1. The van der Waals surface area contributed by atoms with Crippen molar-refractivity contribution in [1.29, 1.82) is 0 Å². The Balaban J connectivity index is 1.52. The van der Waals surface area contributed by atoms with Crippen molar-refractivity contribution in [1.82, 2.24) is 29.9 Å². The van der Waals surface area contributed by atoms with Gasteiger partial charge in [-0.05, 0) is 49.0 Å². The third kappa shape index (κ3) is 5.59. The molecule has 0 spiro atoms. The van der Waals surface area contributed by atoms with Gasteiger partial charge < -0.3 is 10.1 Å². The minimum absolute atomic E-state index is 0.0128. The van der Waals surface area contributed by atoms with Gasteiger partial charge in [0.1, 0.15) is 6.54 Å². The number of hydrazone groups is 1. The zero-order valence-electron chi connectivity index (χ0n) is 16.4. The molecule has 166 valence electrons. The average molecular weight is 471 g/mol. The van der Waals surface area contributed by atoms with Crippen LogP contribution in [-0.2, 0) is 21.4 Å². The number of nitrogens with zero attached hydrogens (tertiary/aromatic N) is 7. The average Bonchev–Trinajstić information content (AvgIpc) is 3.21. The van der Waals surface area contributed by atoms with Gasteiger partial charge in [0.15, 0.2) is 0 Å². The number of amides is 1. The number of sulfonamides is 1. The molecule has 0 radical (unpaired) electrons. The fourth-order valence-electron chi connectivity index (χ4n) is 2.97. The Morgan fingerprint density at radius 3 is 2.55 bits per heavy atom. The summed E-state index contributed by atoms with van der Waals surface area (Å²) in [6, 6.07) is 5.93. The number of carbonyl (C=O) groups is 1. The quantitative estimate of drug-likeness (QED) is 0.352. The summed E-state index contributed by atoms with van der Waals surface area (Å²) >= 11 is 5.81. The number of hydrogen-bond donors (Lipinski definition) is 1. The predicted molar refractivity (Wildman–Crippen MR) is 109 cm³/mol. The second kappa shape index (κ2) is 9.45. The van der Waals surface area contributed by atoms with Gasteiger partial charge in [0.05, 0.1) is 20.8 Å². The highest BCUT2D eigenvalue weighted by atomic mass is 35.5. The number of rotatable bonds is 7. The molecular weight excluding hydrogens is 452 g/mol. The molecule has 1 aliphatic rings. The Labute approximate surface area is 182 Å². The van der Waals surface area contributed by atoms with Crippen molar-refractivity contribution in [2.75, 3.05) is 13.1 Å². The van der Waals surface area contributed by atoms with E-state index < -0.39 is 20.9 Å². The number of tetrazole rings is 1. The fourth-order valence-corrected chi connectivity index (χ4v) is 4.57. The molecule has 1 aromatic heterocycles. The molecule has 0 saturated carbocycles. The molecule has 31 heavy (non-hydrogen) atoms. The molecule has 1 aromatic carbocycles. The van der Waals surface area contributed by atoms with Crippen molar-refractivity contribution >= 4 is 39.2 Å². The van der Waals surface area contributed by atoms with Crippen molar-refractivity contribution in [2.24, 2.45) is 11.0 Å². The van der Waals surface area contributed by atoms with Gasteiger partial charge >= 0.3 is 5.95 Å². The zero-order chi connectivity index (χ0) is 22.6. The lowest BCUT2D eigenvalue weighted by molar-refractivity contribution is -0.394. The molecule has 1 aliphatic heterocycles. The van der Waals surface area contributed by atoms with Crippen LogP contribution in [-0.4, -0.2) is 62.6 Å². The third-order valence-corrected chi connectivity index (χ3v) is 6.77. The normalized spacial score (nSPS) is 16.3. The molecule has 15 heteroatoms. The molecule has 2 heterocycles. The number of carbonyl (C=O) groups excluding carboxylic acids is 1. The van der Waals surface area contributed by atoms with Gasteiger partial charge in [0, 0.05) is 29.2 Å². The van der Waals surface area contributed by atoms with Crippen LogP contribution >= 0.6 is 11.6 Å². The summed E-state index contributed by atoms with van der Waals surface area (Å²) in [7, 11) is -3.65.